The third-order valence-electron chi connectivity index (χ3n) is 5.18. The molecular weight excluding hydrogens is 485 g/mol. The number of carbonyl (C=O) groups excluding carboxylic acids is 1. The predicted octanol–water partition coefficient (Wildman–Crippen LogP) is 1.25. The van der Waals surface area contributed by atoms with Crippen LogP contribution < -0.4 is 15.8 Å². The van der Waals surface area contributed by atoms with Crippen LogP contribution in [0.25, 0.3) is 11.2 Å². The Hall–Kier alpha value is -3.94. The van der Waals surface area contributed by atoms with E-state index < -0.39 is 12.1 Å². The lowest BCUT2D eigenvalue weighted by Crippen LogP contribution is -2.44. The monoisotopic (exact) mass is 510 g/mol. The number of aliphatic carboxylic acids is 1. The predicted molar refractivity (Wildman–Crippen MR) is 123 cm³/mol. The molecule has 2 N–H and O–H groups in total. The summed E-state index contributed by atoms with van der Waals surface area (Å²) in [6, 6.07) is 9.99. The molecule has 0 unspecified atom stereocenters. The molecule has 1 aliphatic heterocycles. The molecule has 14 heteroatoms. The number of nitrogens with zero attached hydrogens (tertiary/aromatic N) is 5. The summed E-state index contributed by atoms with van der Waals surface area (Å²) in [5.74, 6) is -2.37. The van der Waals surface area contributed by atoms with Gasteiger partial charge in [-0.05, 0) is 5.56 Å². The molecule has 3 heterocycles. The highest BCUT2D eigenvalue weighted by atomic mass is 19.4. The fourth-order valence-electron chi connectivity index (χ4n) is 3.51. The Morgan fingerprint density at radius 3 is 2.39 bits per heavy atom. The topological polar surface area (TPSA) is 132 Å². The Morgan fingerprint density at radius 1 is 1.17 bits per heavy atom. The van der Waals surface area contributed by atoms with E-state index in [1.807, 2.05) is 34.9 Å². The van der Waals surface area contributed by atoms with Gasteiger partial charge in [-0.2, -0.15) is 18.2 Å². The van der Waals surface area contributed by atoms with E-state index in [-0.39, 0.29) is 24.7 Å². The minimum absolute atomic E-state index is 0.125. The fourth-order valence-corrected chi connectivity index (χ4v) is 3.51. The number of hydrogen-bond donors (Lipinski definition) is 2. The van der Waals surface area contributed by atoms with E-state index in [0.29, 0.717) is 17.7 Å². The summed E-state index contributed by atoms with van der Waals surface area (Å²) in [6.07, 6.45) is -3.62. The van der Waals surface area contributed by atoms with Gasteiger partial charge in [0.1, 0.15) is 12.9 Å². The lowest BCUT2D eigenvalue weighted by atomic mass is 10.2. The minimum Gasteiger partial charge on any atom is -0.475 e. The molecule has 36 heavy (non-hydrogen) atoms. The average molecular weight is 510 g/mol. The molecule has 0 atom stereocenters. The lowest BCUT2D eigenvalue weighted by Gasteiger charge is -2.28. The number of alkyl halides is 3. The molecule has 1 aromatic carbocycles. The van der Waals surface area contributed by atoms with Crippen LogP contribution in [0.1, 0.15) is 12.5 Å². The van der Waals surface area contributed by atoms with Gasteiger partial charge in [0.2, 0.25) is 5.95 Å². The molecule has 1 aliphatic rings. The Balaban J connectivity index is 0.000000454. The number of hydrogen-bond acceptors (Lipinski definition) is 8. The molecule has 11 nitrogen and oxygen atoms in total. The number of halogens is 3. The van der Waals surface area contributed by atoms with Crippen molar-refractivity contribution in [1.82, 2.24) is 24.4 Å². The van der Waals surface area contributed by atoms with Gasteiger partial charge in [-0.15, -0.1) is 0 Å². The van der Waals surface area contributed by atoms with Crippen LogP contribution in [-0.2, 0) is 27.4 Å². The second-order valence-corrected chi connectivity index (χ2v) is 7.78. The van der Waals surface area contributed by atoms with E-state index in [1.54, 1.807) is 0 Å². The van der Waals surface area contributed by atoms with Crippen molar-refractivity contribution < 1.29 is 32.6 Å². The Kier molecular flexibility index (Phi) is 8.64. The van der Waals surface area contributed by atoms with E-state index >= 15 is 0 Å². The molecule has 1 saturated heterocycles. The second-order valence-electron chi connectivity index (χ2n) is 7.78. The number of fused-ring (bicyclic) bond motifs is 1. The number of carbonyl (C=O) groups is 2. The zero-order valence-corrected chi connectivity index (χ0v) is 19.4. The molecule has 2 aromatic heterocycles. The fraction of sp³-hybridized carbons (Fsp3) is 0.409. The van der Waals surface area contributed by atoms with E-state index in [0.717, 1.165) is 37.7 Å². The Bertz CT molecular complexity index is 1250. The second kappa shape index (κ2) is 11.7. The Labute approximate surface area is 203 Å². The van der Waals surface area contributed by atoms with Crippen molar-refractivity contribution in [3.63, 3.8) is 0 Å². The number of piperazine rings is 1. The van der Waals surface area contributed by atoms with Crippen molar-refractivity contribution in [2.75, 3.05) is 37.7 Å². The number of carboxylic acids is 1. The summed E-state index contributed by atoms with van der Waals surface area (Å²) in [5.41, 5.74) is 1.79. The van der Waals surface area contributed by atoms with Gasteiger partial charge >= 0.3 is 18.1 Å². The third kappa shape index (κ3) is 6.81. The Morgan fingerprint density at radius 2 is 1.81 bits per heavy atom. The third-order valence-corrected chi connectivity index (χ3v) is 5.18. The van der Waals surface area contributed by atoms with Crippen molar-refractivity contribution in [3.05, 3.63) is 52.6 Å². The summed E-state index contributed by atoms with van der Waals surface area (Å²) >= 11 is 0. The zero-order valence-electron chi connectivity index (χ0n) is 19.4. The number of ether oxygens (including phenoxy) is 1. The van der Waals surface area contributed by atoms with Crippen LogP contribution >= 0.6 is 0 Å². The summed E-state index contributed by atoms with van der Waals surface area (Å²) in [7, 11) is 0. The van der Waals surface area contributed by atoms with E-state index in [1.165, 1.54) is 17.8 Å². The van der Waals surface area contributed by atoms with Crippen molar-refractivity contribution in [2.45, 2.75) is 26.2 Å². The number of nitrogens with one attached hydrogen (secondary N) is 1. The molecule has 0 bridgehead atoms. The first-order valence-electron chi connectivity index (χ1n) is 11.0. The van der Waals surface area contributed by atoms with Crippen LogP contribution in [0.2, 0.25) is 0 Å². The molecule has 0 saturated carbocycles. The van der Waals surface area contributed by atoms with Crippen LogP contribution in [-0.4, -0.2) is 75.1 Å². The van der Waals surface area contributed by atoms with E-state index in [2.05, 4.69) is 15.2 Å². The standard InChI is InChI=1S/C20H24N6O3.C2HF3O2/c1-15(27)29-12-11-25-14-22-18-17(19(25)28)26(13-16-5-3-2-4-6-16)20(23-18)24-9-7-21-8-10-24;3-2(4,5)1(6)7/h2-6,14,21H,7-13H2,1H3;(H,6,7). The quantitative estimate of drug-likeness (QED) is 0.470. The lowest BCUT2D eigenvalue weighted by molar-refractivity contribution is -0.192. The van der Waals surface area contributed by atoms with Crippen molar-refractivity contribution in [1.29, 1.82) is 0 Å². The highest BCUT2D eigenvalue weighted by Gasteiger charge is 2.38. The van der Waals surface area contributed by atoms with Gasteiger partial charge in [0.15, 0.2) is 11.2 Å². The van der Waals surface area contributed by atoms with Crippen LogP contribution in [0.4, 0.5) is 19.1 Å². The van der Waals surface area contributed by atoms with Gasteiger partial charge in [-0.25, -0.2) is 9.78 Å². The average Bonchev–Trinajstić information content (AvgIpc) is 3.20. The number of aromatic nitrogens is 4. The van der Waals surface area contributed by atoms with Gasteiger partial charge in [-0.1, -0.05) is 30.3 Å². The highest BCUT2D eigenvalue weighted by molar-refractivity contribution is 5.74. The normalized spacial score (nSPS) is 13.7. The SMILES string of the molecule is CC(=O)OCCn1cnc2nc(N3CCNCC3)n(Cc3ccccc3)c2c1=O.O=C(O)C(F)(F)F. The van der Waals surface area contributed by atoms with Gasteiger partial charge < -0.3 is 20.1 Å². The number of rotatable bonds is 6. The first kappa shape index (κ1) is 26.7. The molecule has 0 amide bonds. The molecule has 3 aromatic rings. The van der Waals surface area contributed by atoms with Crippen LogP contribution in [0, 0.1) is 0 Å². The number of benzene rings is 1. The largest absolute Gasteiger partial charge is 0.490 e. The zero-order chi connectivity index (χ0) is 26.3. The molecule has 0 aliphatic carbocycles. The van der Waals surface area contributed by atoms with Crippen LogP contribution in [0.3, 0.4) is 0 Å². The van der Waals surface area contributed by atoms with Crippen LogP contribution in [0.5, 0.6) is 0 Å². The van der Waals surface area contributed by atoms with Gasteiger partial charge in [0.25, 0.3) is 5.56 Å². The maximum absolute atomic E-state index is 13.2. The maximum atomic E-state index is 13.2. The summed E-state index contributed by atoms with van der Waals surface area (Å²) in [6.45, 7) is 5.63. The number of imidazole rings is 1. The number of carboxylic acid groups (broad SMARTS) is 1. The molecule has 1 fully saturated rings. The smallest absolute Gasteiger partial charge is 0.475 e. The summed E-state index contributed by atoms with van der Waals surface area (Å²) in [4.78, 5) is 44.4. The first-order valence-corrected chi connectivity index (χ1v) is 11.0. The van der Waals surface area contributed by atoms with Gasteiger partial charge in [-0.3, -0.25) is 18.7 Å². The molecular formula is C22H25F3N6O5. The highest BCUT2D eigenvalue weighted by Crippen LogP contribution is 2.21. The minimum atomic E-state index is -5.08. The molecule has 0 radical (unpaired) electrons. The van der Waals surface area contributed by atoms with Crippen molar-refractivity contribution >= 4 is 29.1 Å². The number of anilines is 1. The van der Waals surface area contributed by atoms with E-state index in [9.17, 15) is 22.8 Å². The van der Waals surface area contributed by atoms with E-state index in [4.69, 9.17) is 19.6 Å². The van der Waals surface area contributed by atoms with Gasteiger partial charge in [0, 0.05) is 33.1 Å². The number of esters is 1. The first-order chi connectivity index (χ1) is 17.1. The molecule has 0 spiro atoms. The molecule has 4 rings (SSSR count). The van der Waals surface area contributed by atoms with Crippen LogP contribution in [0.15, 0.2) is 41.5 Å². The van der Waals surface area contributed by atoms with Gasteiger partial charge in [0.05, 0.1) is 13.1 Å². The molecule has 194 valence electrons. The summed E-state index contributed by atoms with van der Waals surface area (Å²) < 4.78 is 40.1. The van der Waals surface area contributed by atoms with Crippen molar-refractivity contribution in [2.24, 2.45) is 0 Å². The maximum Gasteiger partial charge on any atom is 0.490 e. The summed E-state index contributed by atoms with van der Waals surface area (Å²) in [5, 5.41) is 10.5. The van der Waals surface area contributed by atoms with Crippen molar-refractivity contribution in [3.8, 4) is 0 Å².